The molecule has 0 radical (unpaired) electrons. The molecule has 2 N–H and O–H groups in total. The average Bonchev–Trinajstić information content (AvgIpc) is 3.01. The Morgan fingerprint density at radius 3 is 2.68 bits per heavy atom. The first-order chi connectivity index (χ1) is 11.9. The lowest BCUT2D eigenvalue weighted by Gasteiger charge is -2.23. The number of furan rings is 1. The molecular formula is C19H22N2O3S. The molecule has 3 rings (SSSR count). The van der Waals surface area contributed by atoms with Crippen molar-refractivity contribution in [1.82, 2.24) is 9.71 Å². The first kappa shape index (κ1) is 17.9. The quantitative estimate of drug-likeness (QED) is 0.682. The van der Waals surface area contributed by atoms with Crippen LogP contribution in [0.3, 0.4) is 0 Å². The predicted molar refractivity (Wildman–Crippen MR) is 100 cm³/mol. The highest BCUT2D eigenvalue weighted by molar-refractivity contribution is 7.90. The first-order valence-corrected chi connectivity index (χ1v) is 9.25. The summed E-state index contributed by atoms with van der Waals surface area (Å²) < 4.78 is 20.3. The van der Waals surface area contributed by atoms with E-state index >= 15 is 0 Å². The fraction of sp³-hybridized carbons (Fsp3) is 0.316. The van der Waals surface area contributed by atoms with E-state index in [4.69, 9.17) is 4.42 Å². The summed E-state index contributed by atoms with van der Waals surface area (Å²) in [7, 11) is 0. The normalized spacial score (nSPS) is 13.3. The summed E-state index contributed by atoms with van der Waals surface area (Å²) in [5.74, 6) is 0. The predicted octanol–water partition coefficient (Wildman–Crippen LogP) is 3.54. The lowest BCUT2D eigenvalue weighted by atomic mass is 10.0. The van der Waals surface area contributed by atoms with Gasteiger partial charge in [0, 0.05) is 28.5 Å². The number of pyridine rings is 1. The first-order valence-electron chi connectivity index (χ1n) is 8.10. The zero-order valence-corrected chi connectivity index (χ0v) is 15.4. The van der Waals surface area contributed by atoms with Gasteiger partial charge in [0.15, 0.2) is 0 Å². The zero-order chi connectivity index (χ0) is 18.0. The Bertz CT molecular complexity index is 870. The molecule has 3 aromatic rings. The summed E-state index contributed by atoms with van der Waals surface area (Å²) in [4.78, 5) is 4.35. The van der Waals surface area contributed by atoms with E-state index < -0.39 is 11.4 Å². The van der Waals surface area contributed by atoms with Gasteiger partial charge in [-0.3, -0.25) is 4.98 Å². The van der Waals surface area contributed by atoms with E-state index in [2.05, 4.69) is 9.71 Å². The van der Waals surface area contributed by atoms with Crippen LogP contribution in [0, 0.1) is 0 Å². The molecule has 0 fully saturated rings. The van der Waals surface area contributed by atoms with Crippen molar-refractivity contribution in [3.63, 3.8) is 0 Å². The third kappa shape index (κ3) is 4.04. The number of hydrogen-bond donors (Lipinski definition) is 2. The maximum absolute atomic E-state index is 12.1. The van der Waals surface area contributed by atoms with Crippen LogP contribution in [-0.4, -0.2) is 19.4 Å². The second-order valence-electron chi connectivity index (χ2n) is 6.87. The summed E-state index contributed by atoms with van der Waals surface area (Å²) in [6.07, 6.45) is 3.33. The van der Waals surface area contributed by atoms with Crippen molar-refractivity contribution in [1.29, 1.82) is 0 Å². The van der Waals surface area contributed by atoms with Crippen molar-refractivity contribution < 1.29 is 14.1 Å². The van der Waals surface area contributed by atoms with Gasteiger partial charge in [0.25, 0.3) is 0 Å². The summed E-state index contributed by atoms with van der Waals surface area (Å²) >= 11 is -1.14. The second-order valence-corrected chi connectivity index (χ2v) is 8.92. The molecule has 0 bridgehead atoms. The Morgan fingerprint density at radius 1 is 1.20 bits per heavy atom. The molecule has 0 aliphatic rings. The Labute approximate surface area is 150 Å². The zero-order valence-electron chi connectivity index (χ0n) is 14.6. The van der Waals surface area contributed by atoms with Crippen molar-refractivity contribution in [2.75, 3.05) is 0 Å². The molecule has 6 heteroatoms. The molecule has 2 heterocycles. The van der Waals surface area contributed by atoms with E-state index in [0.717, 1.165) is 33.4 Å². The SMILES string of the molecule is CC(C)(C)[S+]([O-])NCc1cc(-c2ccc3occ(CO)c3c2)ccn1. The van der Waals surface area contributed by atoms with E-state index in [1.165, 1.54) is 0 Å². The standard InChI is InChI=1S/C19H22N2O3S/c1-19(2,3)25(23)21-10-16-8-14(6-7-20-16)13-4-5-18-17(9-13)15(11-22)12-24-18/h4-9,12,21-22H,10-11H2,1-3H3. The molecule has 0 saturated carbocycles. The molecule has 1 atom stereocenters. The van der Waals surface area contributed by atoms with Crippen molar-refractivity contribution >= 4 is 22.3 Å². The molecule has 5 nitrogen and oxygen atoms in total. The van der Waals surface area contributed by atoms with Crippen LogP contribution < -0.4 is 4.72 Å². The Balaban J connectivity index is 1.84. The number of hydrogen-bond acceptors (Lipinski definition) is 5. The fourth-order valence-electron chi connectivity index (χ4n) is 2.49. The number of aromatic nitrogens is 1. The minimum atomic E-state index is -1.14. The van der Waals surface area contributed by atoms with E-state index in [1.54, 1.807) is 12.5 Å². The van der Waals surface area contributed by atoms with Crippen molar-refractivity contribution in [2.45, 2.75) is 38.7 Å². The fourth-order valence-corrected chi connectivity index (χ4v) is 3.21. The number of nitrogens with one attached hydrogen (secondary N) is 1. The molecule has 25 heavy (non-hydrogen) atoms. The number of nitrogens with zero attached hydrogens (tertiary/aromatic N) is 1. The molecule has 0 saturated heterocycles. The summed E-state index contributed by atoms with van der Waals surface area (Å²) in [6, 6.07) is 9.80. The van der Waals surface area contributed by atoms with Crippen molar-refractivity contribution in [3.05, 3.63) is 54.0 Å². The average molecular weight is 358 g/mol. The van der Waals surface area contributed by atoms with Gasteiger partial charge in [-0.15, -0.1) is 4.72 Å². The highest BCUT2D eigenvalue weighted by Crippen LogP contribution is 2.28. The van der Waals surface area contributed by atoms with E-state index in [9.17, 15) is 9.66 Å². The highest BCUT2D eigenvalue weighted by atomic mass is 32.2. The molecule has 0 aliphatic heterocycles. The molecule has 1 aromatic carbocycles. The minimum absolute atomic E-state index is 0.0550. The second kappa shape index (κ2) is 7.17. The minimum Gasteiger partial charge on any atom is -0.598 e. The van der Waals surface area contributed by atoms with Gasteiger partial charge in [-0.05, 0) is 56.2 Å². The highest BCUT2D eigenvalue weighted by Gasteiger charge is 2.26. The van der Waals surface area contributed by atoms with Gasteiger partial charge < -0.3 is 14.1 Å². The van der Waals surface area contributed by atoms with Gasteiger partial charge >= 0.3 is 0 Å². The van der Waals surface area contributed by atoms with Gasteiger partial charge in [-0.25, -0.2) is 0 Å². The number of rotatable bonds is 5. The van der Waals surface area contributed by atoms with E-state index in [-0.39, 0.29) is 11.4 Å². The molecule has 2 aromatic heterocycles. The smallest absolute Gasteiger partial charge is 0.136 e. The van der Waals surface area contributed by atoms with Crippen LogP contribution in [0.1, 0.15) is 32.0 Å². The number of benzene rings is 1. The van der Waals surface area contributed by atoms with Gasteiger partial charge in [0.05, 0.1) is 25.1 Å². The maximum atomic E-state index is 12.1. The Morgan fingerprint density at radius 2 is 1.96 bits per heavy atom. The Hall–Kier alpha value is -1.86. The van der Waals surface area contributed by atoms with Crippen molar-refractivity contribution in [3.8, 4) is 11.1 Å². The van der Waals surface area contributed by atoms with Gasteiger partial charge in [-0.2, -0.15) is 0 Å². The van der Waals surface area contributed by atoms with Crippen LogP contribution >= 0.6 is 0 Å². The molecular weight excluding hydrogens is 336 g/mol. The van der Waals surface area contributed by atoms with Gasteiger partial charge in [-0.1, -0.05) is 6.07 Å². The number of aliphatic hydroxyl groups excluding tert-OH is 1. The van der Waals surface area contributed by atoms with Crippen LogP contribution in [0.15, 0.2) is 47.2 Å². The molecule has 0 amide bonds. The van der Waals surface area contributed by atoms with Gasteiger partial charge in [0.1, 0.15) is 10.3 Å². The van der Waals surface area contributed by atoms with E-state index in [0.29, 0.717) is 6.54 Å². The number of aliphatic hydroxyl groups is 1. The monoisotopic (exact) mass is 358 g/mol. The van der Waals surface area contributed by atoms with Crippen LogP contribution in [0.2, 0.25) is 0 Å². The third-order valence-electron chi connectivity index (χ3n) is 3.91. The molecule has 0 aliphatic carbocycles. The molecule has 1 unspecified atom stereocenters. The Kier molecular flexibility index (Phi) is 5.15. The van der Waals surface area contributed by atoms with Crippen LogP contribution in [0.4, 0.5) is 0 Å². The van der Waals surface area contributed by atoms with Crippen LogP contribution in [0.25, 0.3) is 22.1 Å². The summed E-state index contributed by atoms with van der Waals surface area (Å²) in [5, 5.41) is 10.3. The van der Waals surface area contributed by atoms with Crippen molar-refractivity contribution in [2.24, 2.45) is 0 Å². The maximum Gasteiger partial charge on any atom is 0.136 e. The van der Waals surface area contributed by atoms with Gasteiger partial charge in [0.2, 0.25) is 0 Å². The largest absolute Gasteiger partial charge is 0.598 e. The third-order valence-corrected chi connectivity index (χ3v) is 5.43. The summed E-state index contributed by atoms with van der Waals surface area (Å²) in [5.41, 5.74) is 4.38. The number of fused-ring (bicyclic) bond motifs is 1. The van der Waals surface area contributed by atoms with Crippen LogP contribution in [0.5, 0.6) is 0 Å². The molecule has 132 valence electrons. The topological polar surface area (TPSA) is 81.3 Å². The molecule has 0 spiro atoms. The van der Waals surface area contributed by atoms with Crippen LogP contribution in [-0.2, 0) is 24.5 Å². The lowest BCUT2D eigenvalue weighted by molar-refractivity contribution is 0.282. The summed E-state index contributed by atoms with van der Waals surface area (Å²) in [6.45, 7) is 6.17. The van der Waals surface area contributed by atoms with E-state index in [1.807, 2.05) is 51.1 Å². The lowest BCUT2D eigenvalue weighted by Crippen LogP contribution is -2.39.